The van der Waals surface area contributed by atoms with Crippen molar-refractivity contribution in [1.29, 1.82) is 0 Å². The molecule has 3 rings (SSSR count). The van der Waals surface area contributed by atoms with Gasteiger partial charge in [-0.2, -0.15) is 0 Å². The quantitative estimate of drug-likeness (QED) is 0.920. The number of fused-ring (bicyclic) bond motifs is 1. The molecule has 2 amide bonds. The van der Waals surface area contributed by atoms with Crippen LogP contribution < -0.4 is 15.0 Å². The van der Waals surface area contributed by atoms with Crippen LogP contribution in [0.15, 0.2) is 48.5 Å². The lowest BCUT2D eigenvalue weighted by atomic mass is 10.1. The summed E-state index contributed by atoms with van der Waals surface area (Å²) >= 11 is 6.05. The summed E-state index contributed by atoms with van der Waals surface area (Å²) in [4.78, 5) is 25.9. The van der Waals surface area contributed by atoms with Crippen LogP contribution in [0, 0.1) is 0 Å². The first-order chi connectivity index (χ1) is 11.1. The van der Waals surface area contributed by atoms with Crippen molar-refractivity contribution in [2.45, 2.75) is 13.0 Å². The monoisotopic (exact) mass is 330 g/mol. The molecule has 118 valence electrons. The summed E-state index contributed by atoms with van der Waals surface area (Å²) < 4.78 is 5.74. The Hall–Kier alpha value is -2.53. The van der Waals surface area contributed by atoms with Crippen LogP contribution in [0.3, 0.4) is 0 Å². The van der Waals surface area contributed by atoms with E-state index >= 15 is 0 Å². The van der Waals surface area contributed by atoms with Crippen molar-refractivity contribution in [2.24, 2.45) is 0 Å². The molecule has 1 aliphatic heterocycles. The van der Waals surface area contributed by atoms with Crippen LogP contribution in [0.1, 0.15) is 6.92 Å². The van der Waals surface area contributed by atoms with E-state index in [2.05, 4.69) is 5.32 Å². The Balaban J connectivity index is 1.83. The van der Waals surface area contributed by atoms with Crippen LogP contribution in [0.4, 0.5) is 11.4 Å². The average molecular weight is 331 g/mol. The van der Waals surface area contributed by atoms with Gasteiger partial charge in [0.25, 0.3) is 5.91 Å². The lowest BCUT2D eigenvalue weighted by Gasteiger charge is -2.33. The summed E-state index contributed by atoms with van der Waals surface area (Å²) in [5.74, 6) is 0.0170. The SMILES string of the molecule is CC(=O)N1CC(C(=O)Nc2ccccc2Cl)Oc2ccccc21. The molecule has 0 aromatic heterocycles. The number of nitrogens with zero attached hydrogens (tertiary/aromatic N) is 1. The van der Waals surface area contributed by atoms with Gasteiger partial charge < -0.3 is 15.0 Å². The fraction of sp³-hybridized carbons (Fsp3) is 0.176. The molecule has 23 heavy (non-hydrogen) atoms. The zero-order chi connectivity index (χ0) is 16.4. The van der Waals surface area contributed by atoms with E-state index in [9.17, 15) is 9.59 Å². The van der Waals surface area contributed by atoms with Crippen LogP contribution in [-0.4, -0.2) is 24.5 Å². The molecule has 0 spiro atoms. The highest BCUT2D eigenvalue weighted by Gasteiger charge is 2.32. The molecule has 0 fully saturated rings. The Bertz CT molecular complexity index is 763. The minimum absolute atomic E-state index is 0.142. The van der Waals surface area contributed by atoms with Gasteiger partial charge in [0.15, 0.2) is 6.10 Å². The van der Waals surface area contributed by atoms with E-state index in [-0.39, 0.29) is 18.4 Å². The Morgan fingerprint density at radius 2 is 1.87 bits per heavy atom. The number of rotatable bonds is 2. The minimum atomic E-state index is -0.801. The Morgan fingerprint density at radius 3 is 2.61 bits per heavy atom. The predicted octanol–water partition coefficient (Wildman–Crippen LogP) is 3.09. The molecule has 0 bridgehead atoms. The maximum absolute atomic E-state index is 12.5. The van der Waals surface area contributed by atoms with Crippen molar-refractivity contribution < 1.29 is 14.3 Å². The first-order valence-corrected chi connectivity index (χ1v) is 7.53. The van der Waals surface area contributed by atoms with E-state index in [4.69, 9.17) is 16.3 Å². The lowest BCUT2D eigenvalue weighted by Crippen LogP contribution is -2.48. The summed E-state index contributed by atoms with van der Waals surface area (Å²) in [5, 5.41) is 3.18. The van der Waals surface area contributed by atoms with Gasteiger partial charge in [-0.3, -0.25) is 9.59 Å². The standard InChI is InChI=1S/C17H15ClN2O3/c1-11(21)20-10-16(23-15-9-5-4-8-14(15)20)17(22)19-13-7-3-2-6-12(13)18/h2-9,16H,10H2,1H3,(H,19,22). The number of anilines is 2. The van der Waals surface area contributed by atoms with Crippen molar-refractivity contribution in [3.05, 3.63) is 53.6 Å². The fourth-order valence-corrected chi connectivity index (χ4v) is 2.63. The highest BCUT2D eigenvalue weighted by Crippen LogP contribution is 2.33. The maximum Gasteiger partial charge on any atom is 0.267 e. The molecular weight excluding hydrogens is 316 g/mol. The van der Waals surface area contributed by atoms with Gasteiger partial charge in [-0.05, 0) is 24.3 Å². The van der Waals surface area contributed by atoms with E-state index in [0.717, 1.165) is 0 Å². The molecule has 6 heteroatoms. The Kier molecular flexibility index (Phi) is 4.21. The largest absolute Gasteiger partial charge is 0.476 e. The third-order valence-electron chi connectivity index (χ3n) is 3.58. The topological polar surface area (TPSA) is 58.6 Å². The van der Waals surface area contributed by atoms with Gasteiger partial charge in [0.1, 0.15) is 5.75 Å². The minimum Gasteiger partial charge on any atom is -0.476 e. The van der Waals surface area contributed by atoms with E-state index in [0.29, 0.717) is 22.1 Å². The number of nitrogens with one attached hydrogen (secondary N) is 1. The van der Waals surface area contributed by atoms with Gasteiger partial charge in [-0.1, -0.05) is 35.9 Å². The molecule has 2 aromatic rings. The van der Waals surface area contributed by atoms with E-state index in [1.165, 1.54) is 11.8 Å². The fourth-order valence-electron chi connectivity index (χ4n) is 2.44. The smallest absolute Gasteiger partial charge is 0.267 e. The third kappa shape index (κ3) is 3.14. The molecule has 1 atom stereocenters. The molecule has 1 heterocycles. The molecule has 0 saturated heterocycles. The highest BCUT2D eigenvalue weighted by atomic mass is 35.5. The second kappa shape index (κ2) is 6.30. The molecule has 0 saturated carbocycles. The molecule has 1 N–H and O–H groups in total. The number of halogens is 1. The van der Waals surface area contributed by atoms with Crippen molar-refractivity contribution in [2.75, 3.05) is 16.8 Å². The number of benzene rings is 2. The van der Waals surface area contributed by atoms with Gasteiger partial charge in [0, 0.05) is 6.92 Å². The Morgan fingerprint density at radius 1 is 1.17 bits per heavy atom. The van der Waals surface area contributed by atoms with Crippen LogP contribution >= 0.6 is 11.6 Å². The molecule has 2 aromatic carbocycles. The predicted molar refractivity (Wildman–Crippen MR) is 89.0 cm³/mol. The van der Waals surface area contributed by atoms with Crippen molar-refractivity contribution in [3.63, 3.8) is 0 Å². The van der Waals surface area contributed by atoms with E-state index in [1.54, 1.807) is 42.5 Å². The zero-order valence-corrected chi connectivity index (χ0v) is 13.2. The van der Waals surface area contributed by atoms with Crippen molar-refractivity contribution in [3.8, 4) is 5.75 Å². The summed E-state index contributed by atoms with van der Waals surface area (Å²) in [5.41, 5.74) is 1.18. The van der Waals surface area contributed by atoms with Gasteiger partial charge in [0.2, 0.25) is 5.91 Å². The lowest BCUT2D eigenvalue weighted by molar-refractivity contribution is -0.123. The number of para-hydroxylation sites is 3. The number of amides is 2. The number of carbonyl (C=O) groups excluding carboxylic acids is 2. The summed E-state index contributed by atoms with van der Waals surface area (Å²) in [6.07, 6.45) is -0.801. The van der Waals surface area contributed by atoms with E-state index in [1.807, 2.05) is 6.07 Å². The van der Waals surface area contributed by atoms with Crippen LogP contribution in [0.25, 0.3) is 0 Å². The first-order valence-electron chi connectivity index (χ1n) is 7.15. The number of ether oxygens (including phenoxy) is 1. The van der Waals surface area contributed by atoms with Crippen LogP contribution in [0.2, 0.25) is 5.02 Å². The normalized spacial score (nSPS) is 16.3. The number of hydrogen-bond acceptors (Lipinski definition) is 3. The zero-order valence-electron chi connectivity index (χ0n) is 12.5. The van der Waals surface area contributed by atoms with Gasteiger partial charge in [0.05, 0.1) is 22.9 Å². The second-order valence-corrected chi connectivity index (χ2v) is 5.58. The number of hydrogen-bond donors (Lipinski definition) is 1. The number of carbonyl (C=O) groups is 2. The van der Waals surface area contributed by atoms with Gasteiger partial charge in [-0.25, -0.2) is 0 Å². The molecule has 0 aliphatic carbocycles. The van der Waals surface area contributed by atoms with Crippen molar-refractivity contribution >= 4 is 34.8 Å². The summed E-state index contributed by atoms with van der Waals surface area (Å²) in [6.45, 7) is 1.62. The van der Waals surface area contributed by atoms with Crippen LogP contribution in [-0.2, 0) is 9.59 Å². The molecule has 1 aliphatic rings. The van der Waals surface area contributed by atoms with Crippen molar-refractivity contribution in [1.82, 2.24) is 0 Å². The molecule has 0 radical (unpaired) electrons. The Labute approximate surface area is 138 Å². The maximum atomic E-state index is 12.5. The molecule has 1 unspecified atom stereocenters. The summed E-state index contributed by atoms with van der Waals surface area (Å²) in [6, 6.07) is 14.1. The highest BCUT2D eigenvalue weighted by molar-refractivity contribution is 6.33. The first kappa shape index (κ1) is 15.4. The summed E-state index contributed by atoms with van der Waals surface area (Å²) in [7, 11) is 0. The molecular formula is C17H15ClN2O3. The second-order valence-electron chi connectivity index (χ2n) is 5.17. The average Bonchev–Trinajstić information content (AvgIpc) is 2.55. The third-order valence-corrected chi connectivity index (χ3v) is 3.91. The van der Waals surface area contributed by atoms with Crippen LogP contribution in [0.5, 0.6) is 5.75 Å². The van der Waals surface area contributed by atoms with Gasteiger partial charge in [-0.15, -0.1) is 0 Å². The molecule has 5 nitrogen and oxygen atoms in total. The van der Waals surface area contributed by atoms with E-state index < -0.39 is 6.10 Å². The van der Waals surface area contributed by atoms with Gasteiger partial charge >= 0.3 is 0 Å².